The molecule has 0 fully saturated rings. The zero-order valence-corrected chi connectivity index (χ0v) is 25.1. The van der Waals surface area contributed by atoms with E-state index in [0.29, 0.717) is 0 Å². The number of hydrogen-bond donors (Lipinski definition) is 0. The molecule has 8 aromatic carbocycles. The Morgan fingerprint density at radius 2 is 0.870 bits per heavy atom. The van der Waals surface area contributed by atoms with Crippen molar-refractivity contribution in [3.8, 4) is 22.5 Å². The summed E-state index contributed by atoms with van der Waals surface area (Å²) in [4.78, 5) is 0. The number of para-hydroxylation sites is 3. The smallest absolute Gasteiger partial charge is 0.0547 e. The van der Waals surface area contributed by atoms with Crippen molar-refractivity contribution in [2.45, 2.75) is 0 Å². The molecule has 2 nitrogen and oxygen atoms in total. The van der Waals surface area contributed by atoms with Crippen LogP contribution in [0.2, 0.25) is 0 Å². The molecule has 0 N–H and O–H groups in total. The Labute approximate surface area is 266 Å². The van der Waals surface area contributed by atoms with Crippen LogP contribution in [0.4, 0.5) is 0 Å². The molecule has 0 saturated heterocycles. The fourth-order valence-electron chi connectivity index (χ4n) is 7.64. The second-order valence-corrected chi connectivity index (χ2v) is 12.2. The number of fused-ring (bicyclic) bond motifs is 9. The summed E-state index contributed by atoms with van der Waals surface area (Å²) in [7, 11) is 0. The Balaban J connectivity index is 1.23. The number of rotatable bonds is 3. The third-order valence-corrected chi connectivity index (χ3v) is 9.68. The molecule has 0 atom stereocenters. The maximum atomic E-state index is 2.45. The van der Waals surface area contributed by atoms with E-state index in [1.807, 2.05) is 0 Å². The van der Waals surface area contributed by atoms with Crippen LogP contribution >= 0.6 is 0 Å². The van der Waals surface area contributed by atoms with Crippen molar-refractivity contribution in [1.82, 2.24) is 9.13 Å². The number of aromatic nitrogens is 2. The van der Waals surface area contributed by atoms with Gasteiger partial charge in [0.05, 0.1) is 27.8 Å². The Morgan fingerprint density at radius 1 is 0.304 bits per heavy atom. The highest BCUT2D eigenvalue weighted by molar-refractivity contribution is 6.22. The summed E-state index contributed by atoms with van der Waals surface area (Å²) in [5, 5.41) is 10.1. The molecular weight excluding hydrogens is 556 g/mol. The molecular formula is C44H28N2. The van der Waals surface area contributed by atoms with Crippen LogP contribution < -0.4 is 0 Å². The lowest BCUT2D eigenvalue weighted by molar-refractivity contribution is 1.18. The number of hydrogen-bond acceptors (Lipinski definition) is 0. The molecule has 2 heterocycles. The summed E-state index contributed by atoms with van der Waals surface area (Å²) < 4.78 is 4.82. The summed E-state index contributed by atoms with van der Waals surface area (Å²) >= 11 is 0. The molecule has 0 amide bonds. The standard InChI is InChI=1S/C44H28N2/c1-2-13-33(14-3-1)45-40-18-8-6-16-35(40)38-28-32(24-25-42(38)45)31-22-21-30-23-26-43-44(37(30)27-31)36-17-7-9-19-41(36)46(43)39-20-10-12-29-11-4-5-15-34(29)39/h1-28H. The molecule has 46 heavy (non-hydrogen) atoms. The second-order valence-electron chi connectivity index (χ2n) is 12.2. The van der Waals surface area contributed by atoms with Crippen LogP contribution in [0.15, 0.2) is 170 Å². The molecule has 0 saturated carbocycles. The van der Waals surface area contributed by atoms with Crippen LogP contribution in [-0.4, -0.2) is 9.13 Å². The van der Waals surface area contributed by atoms with Crippen molar-refractivity contribution in [2.24, 2.45) is 0 Å². The van der Waals surface area contributed by atoms with Gasteiger partial charge in [0.15, 0.2) is 0 Å². The van der Waals surface area contributed by atoms with Crippen molar-refractivity contribution >= 4 is 65.2 Å². The fraction of sp³-hybridized carbons (Fsp3) is 0. The van der Waals surface area contributed by atoms with Gasteiger partial charge in [0.2, 0.25) is 0 Å². The monoisotopic (exact) mass is 584 g/mol. The number of benzene rings is 8. The van der Waals surface area contributed by atoms with E-state index < -0.39 is 0 Å². The third kappa shape index (κ3) is 3.59. The third-order valence-electron chi connectivity index (χ3n) is 9.68. The van der Waals surface area contributed by atoms with Crippen LogP contribution in [0.3, 0.4) is 0 Å². The van der Waals surface area contributed by atoms with E-state index in [1.165, 1.54) is 87.7 Å². The molecule has 0 unspecified atom stereocenters. The van der Waals surface area contributed by atoms with Crippen molar-refractivity contribution in [1.29, 1.82) is 0 Å². The lowest BCUT2D eigenvalue weighted by Crippen LogP contribution is -1.95. The Bertz CT molecular complexity index is 2790. The quantitative estimate of drug-likeness (QED) is 0.195. The molecule has 2 aromatic heterocycles. The van der Waals surface area contributed by atoms with Gasteiger partial charge in [0.25, 0.3) is 0 Å². The first kappa shape index (κ1) is 25.2. The summed E-state index contributed by atoms with van der Waals surface area (Å²) in [6, 6.07) is 62.0. The predicted octanol–water partition coefficient (Wildman–Crippen LogP) is 11.9. The van der Waals surface area contributed by atoms with Crippen LogP contribution in [0.5, 0.6) is 0 Å². The minimum absolute atomic E-state index is 1.18. The normalized spacial score (nSPS) is 11.9. The van der Waals surface area contributed by atoms with Crippen LogP contribution in [0.1, 0.15) is 0 Å². The van der Waals surface area contributed by atoms with E-state index in [4.69, 9.17) is 0 Å². The molecule has 10 aromatic rings. The van der Waals surface area contributed by atoms with Gasteiger partial charge in [-0.3, -0.25) is 0 Å². The van der Waals surface area contributed by atoms with E-state index >= 15 is 0 Å². The molecule has 0 radical (unpaired) electrons. The predicted molar refractivity (Wildman–Crippen MR) is 196 cm³/mol. The van der Waals surface area contributed by atoms with Crippen LogP contribution in [-0.2, 0) is 0 Å². The zero-order chi connectivity index (χ0) is 30.2. The first-order chi connectivity index (χ1) is 22.8. The molecule has 2 heteroatoms. The average molecular weight is 585 g/mol. The first-order valence-electron chi connectivity index (χ1n) is 15.9. The van der Waals surface area contributed by atoms with Gasteiger partial charge >= 0.3 is 0 Å². The number of nitrogens with zero attached hydrogens (tertiary/aromatic N) is 2. The molecule has 0 aliphatic rings. The van der Waals surface area contributed by atoms with Crippen LogP contribution in [0.25, 0.3) is 87.7 Å². The van der Waals surface area contributed by atoms with Crippen LogP contribution in [0, 0.1) is 0 Å². The van der Waals surface area contributed by atoms with E-state index in [2.05, 4.69) is 179 Å². The van der Waals surface area contributed by atoms with E-state index in [-0.39, 0.29) is 0 Å². The van der Waals surface area contributed by atoms with E-state index in [1.54, 1.807) is 0 Å². The lowest BCUT2D eigenvalue weighted by Gasteiger charge is -2.12. The lowest BCUT2D eigenvalue weighted by atomic mass is 9.97. The van der Waals surface area contributed by atoms with Crippen molar-refractivity contribution in [3.63, 3.8) is 0 Å². The summed E-state index contributed by atoms with van der Waals surface area (Å²) in [6.45, 7) is 0. The maximum absolute atomic E-state index is 2.45. The molecule has 214 valence electrons. The van der Waals surface area contributed by atoms with Gasteiger partial charge in [-0.15, -0.1) is 0 Å². The highest BCUT2D eigenvalue weighted by Gasteiger charge is 2.17. The van der Waals surface area contributed by atoms with Crippen molar-refractivity contribution < 1.29 is 0 Å². The minimum atomic E-state index is 1.18. The summed E-state index contributed by atoms with van der Waals surface area (Å²) in [5.74, 6) is 0. The van der Waals surface area contributed by atoms with Gasteiger partial charge in [0, 0.05) is 32.6 Å². The molecule has 0 aliphatic heterocycles. The molecule has 0 aliphatic carbocycles. The summed E-state index contributed by atoms with van der Waals surface area (Å²) in [5.41, 5.74) is 9.73. The molecule has 0 bridgehead atoms. The highest BCUT2D eigenvalue weighted by atomic mass is 15.0. The van der Waals surface area contributed by atoms with Gasteiger partial charge < -0.3 is 9.13 Å². The van der Waals surface area contributed by atoms with Gasteiger partial charge in [-0.25, -0.2) is 0 Å². The Hall–Kier alpha value is -6.12. The van der Waals surface area contributed by atoms with Crippen molar-refractivity contribution in [3.05, 3.63) is 170 Å². The van der Waals surface area contributed by atoms with Gasteiger partial charge in [-0.05, 0) is 81.9 Å². The fourth-order valence-corrected chi connectivity index (χ4v) is 7.64. The second kappa shape index (κ2) is 9.69. The van der Waals surface area contributed by atoms with E-state index in [0.717, 1.165) is 0 Å². The molecule has 10 rings (SSSR count). The molecule has 0 spiro atoms. The topological polar surface area (TPSA) is 9.86 Å². The Morgan fingerprint density at radius 3 is 1.72 bits per heavy atom. The largest absolute Gasteiger partial charge is 0.309 e. The zero-order valence-electron chi connectivity index (χ0n) is 25.1. The Kier molecular flexibility index (Phi) is 5.31. The van der Waals surface area contributed by atoms with Gasteiger partial charge in [0.1, 0.15) is 0 Å². The minimum Gasteiger partial charge on any atom is -0.309 e. The van der Waals surface area contributed by atoms with Gasteiger partial charge in [-0.2, -0.15) is 0 Å². The first-order valence-corrected chi connectivity index (χ1v) is 15.9. The SMILES string of the molecule is c1ccc(-n2c3ccccc3c3cc(-c4ccc5ccc6c(c5c4)c4ccccc4n6-c4cccc5ccccc45)ccc32)cc1. The highest BCUT2D eigenvalue weighted by Crippen LogP contribution is 2.40. The maximum Gasteiger partial charge on any atom is 0.0547 e. The van der Waals surface area contributed by atoms with Crippen molar-refractivity contribution in [2.75, 3.05) is 0 Å². The van der Waals surface area contributed by atoms with Gasteiger partial charge in [-0.1, -0.05) is 115 Å². The van der Waals surface area contributed by atoms with E-state index in [9.17, 15) is 0 Å². The summed E-state index contributed by atoms with van der Waals surface area (Å²) in [6.07, 6.45) is 0. The average Bonchev–Trinajstić information content (AvgIpc) is 3.64.